The Morgan fingerprint density at radius 1 is 1.31 bits per heavy atom. The van der Waals surface area contributed by atoms with E-state index in [1.165, 1.54) is 13.2 Å². The molecule has 3 rings (SSSR count). The van der Waals surface area contributed by atoms with Crippen molar-refractivity contribution in [3.8, 4) is 0 Å². The van der Waals surface area contributed by atoms with Gasteiger partial charge in [-0.15, -0.1) is 0 Å². The molecule has 2 heterocycles. The predicted octanol–water partition coefficient (Wildman–Crippen LogP) is 3.00. The van der Waals surface area contributed by atoms with Crippen LogP contribution < -0.4 is 5.32 Å². The molecule has 1 atom stereocenters. The standard InChI is InChI=1S/C18H17ClN2O5/c1-10-14(15(22)25-3)8-13(26-10)9-21-16(23)18(2,20-17(21)24)11-4-6-12(19)7-5-11/h4-8H,9H2,1-3H3,(H,20,24). The number of nitrogens with one attached hydrogen (secondary N) is 1. The monoisotopic (exact) mass is 376 g/mol. The smallest absolute Gasteiger partial charge is 0.341 e. The van der Waals surface area contributed by atoms with Gasteiger partial charge in [-0.2, -0.15) is 0 Å². The normalized spacial score (nSPS) is 19.6. The number of amides is 3. The molecule has 26 heavy (non-hydrogen) atoms. The number of benzene rings is 1. The van der Waals surface area contributed by atoms with Crippen molar-refractivity contribution in [2.24, 2.45) is 0 Å². The highest BCUT2D eigenvalue weighted by molar-refractivity contribution is 6.30. The minimum atomic E-state index is -1.20. The fourth-order valence-electron chi connectivity index (χ4n) is 2.91. The van der Waals surface area contributed by atoms with E-state index in [2.05, 4.69) is 10.1 Å². The number of halogens is 1. The number of imide groups is 1. The third-order valence-electron chi connectivity index (χ3n) is 4.38. The largest absolute Gasteiger partial charge is 0.465 e. The third kappa shape index (κ3) is 2.94. The maximum absolute atomic E-state index is 12.9. The van der Waals surface area contributed by atoms with E-state index >= 15 is 0 Å². The summed E-state index contributed by atoms with van der Waals surface area (Å²) in [5.41, 5.74) is -0.322. The summed E-state index contributed by atoms with van der Waals surface area (Å²) in [4.78, 5) is 38.0. The number of rotatable bonds is 4. The van der Waals surface area contributed by atoms with Crippen molar-refractivity contribution in [3.63, 3.8) is 0 Å². The number of furan rings is 1. The molecule has 1 aliphatic rings. The maximum atomic E-state index is 12.9. The summed E-state index contributed by atoms with van der Waals surface area (Å²) in [6.07, 6.45) is 0. The summed E-state index contributed by atoms with van der Waals surface area (Å²) in [6, 6.07) is 7.62. The topological polar surface area (TPSA) is 88.9 Å². The van der Waals surface area contributed by atoms with Crippen molar-refractivity contribution in [3.05, 3.63) is 58.0 Å². The first-order chi connectivity index (χ1) is 12.3. The molecule has 0 spiro atoms. The Morgan fingerprint density at radius 3 is 2.58 bits per heavy atom. The van der Waals surface area contributed by atoms with Gasteiger partial charge in [-0.25, -0.2) is 9.59 Å². The Labute approximate surface area is 154 Å². The molecule has 0 aliphatic carbocycles. The van der Waals surface area contributed by atoms with Gasteiger partial charge in [-0.3, -0.25) is 9.69 Å². The number of aryl methyl sites for hydroxylation is 1. The minimum Gasteiger partial charge on any atom is -0.465 e. The van der Waals surface area contributed by atoms with Gasteiger partial charge >= 0.3 is 12.0 Å². The van der Waals surface area contributed by atoms with Gasteiger partial charge in [0.05, 0.1) is 13.7 Å². The molecule has 1 fully saturated rings. The summed E-state index contributed by atoms with van der Waals surface area (Å²) >= 11 is 5.89. The quantitative estimate of drug-likeness (QED) is 0.654. The van der Waals surface area contributed by atoms with E-state index < -0.39 is 23.4 Å². The molecule has 0 saturated carbocycles. The van der Waals surface area contributed by atoms with Crippen molar-refractivity contribution in [1.82, 2.24) is 10.2 Å². The van der Waals surface area contributed by atoms with Gasteiger partial charge in [0.1, 0.15) is 22.6 Å². The molecule has 7 nitrogen and oxygen atoms in total. The molecule has 1 N–H and O–H groups in total. The van der Waals surface area contributed by atoms with Crippen LogP contribution >= 0.6 is 11.6 Å². The lowest BCUT2D eigenvalue weighted by Crippen LogP contribution is -2.40. The number of urea groups is 1. The number of carbonyl (C=O) groups is 3. The number of carbonyl (C=O) groups excluding carboxylic acids is 3. The van der Waals surface area contributed by atoms with Crippen molar-refractivity contribution in [1.29, 1.82) is 0 Å². The number of esters is 1. The van der Waals surface area contributed by atoms with Gasteiger partial charge in [-0.05, 0) is 37.6 Å². The SMILES string of the molecule is COC(=O)c1cc(CN2C(=O)NC(C)(c3ccc(Cl)cc3)C2=O)oc1C. The van der Waals surface area contributed by atoms with E-state index in [1.54, 1.807) is 38.1 Å². The Balaban J connectivity index is 1.86. The van der Waals surface area contributed by atoms with Crippen LogP contribution in [0.5, 0.6) is 0 Å². The van der Waals surface area contributed by atoms with Crippen LogP contribution in [-0.2, 0) is 21.6 Å². The van der Waals surface area contributed by atoms with Gasteiger partial charge in [0.2, 0.25) is 0 Å². The zero-order valence-corrected chi connectivity index (χ0v) is 15.2. The van der Waals surface area contributed by atoms with Crippen LogP contribution in [0, 0.1) is 6.92 Å². The van der Waals surface area contributed by atoms with E-state index in [0.717, 1.165) is 4.90 Å². The summed E-state index contributed by atoms with van der Waals surface area (Å²) in [5.74, 6) is -0.287. The van der Waals surface area contributed by atoms with E-state index in [9.17, 15) is 14.4 Å². The summed E-state index contributed by atoms with van der Waals surface area (Å²) < 4.78 is 10.2. The second-order valence-corrected chi connectivity index (χ2v) is 6.56. The van der Waals surface area contributed by atoms with Crippen LogP contribution in [0.4, 0.5) is 4.79 Å². The number of ether oxygens (including phenoxy) is 1. The fraction of sp³-hybridized carbons (Fsp3) is 0.278. The van der Waals surface area contributed by atoms with Gasteiger partial charge in [-0.1, -0.05) is 23.7 Å². The first-order valence-electron chi connectivity index (χ1n) is 7.84. The lowest BCUT2D eigenvalue weighted by Gasteiger charge is -2.22. The van der Waals surface area contributed by atoms with Crippen molar-refractivity contribution in [2.75, 3.05) is 7.11 Å². The lowest BCUT2D eigenvalue weighted by atomic mass is 9.92. The van der Waals surface area contributed by atoms with E-state index in [1.807, 2.05) is 0 Å². The van der Waals surface area contributed by atoms with Gasteiger partial charge < -0.3 is 14.5 Å². The fourth-order valence-corrected chi connectivity index (χ4v) is 3.04. The Hall–Kier alpha value is -2.80. The highest BCUT2D eigenvalue weighted by Gasteiger charge is 2.49. The lowest BCUT2D eigenvalue weighted by molar-refractivity contribution is -0.131. The third-order valence-corrected chi connectivity index (χ3v) is 4.64. The van der Waals surface area contributed by atoms with Gasteiger partial charge in [0.15, 0.2) is 0 Å². The highest BCUT2D eigenvalue weighted by atomic mass is 35.5. The molecule has 1 saturated heterocycles. The summed E-state index contributed by atoms with van der Waals surface area (Å²) in [6.45, 7) is 3.15. The van der Waals surface area contributed by atoms with Gasteiger partial charge in [0, 0.05) is 5.02 Å². The van der Waals surface area contributed by atoms with E-state index in [4.69, 9.17) is 16.0 Å². The summed E-state index contributed by atoms with van der Waals surface area (Å²) in [7, 11) is 1.27. The minimum absolute atomic E-state index is 0.0916. The second-order valence-electron chi connectivity index (χ2n) is 6.13. The van der Waals surface area contributed by atoms with Crippen molar-refractivity contribution < 1.29 is 23.5 Å². The molecule has 1 aromatic heterocycles. The number of hydrogen-bond donors (Lipinski definition) is 1. The molecule has 136 valence electrons. The van der Waals surface area contributed by atoms with Crippen LogP contribution in [0.2, 0.25) is 5.02 Å². The second kappa shape index (κ2) is 6.49. The van der Waals surface area contributed by atoms with Crippen molar-refractivity contribution >= 4 is 29.5 Å². The molecule has 1 aromatic carbocycles. The average Bonchev–Trinajstić information content (AvgIpc) is 3.08. The number of methoxy groups -OCH3 is 1. The van der Waals surface area contributed by atoms with Crippen LogP contribution in [0.15, 0.2) is 34.7 Å². The highest BCUT2D eigenvalue weighted by Crippen LogP contribution is 2.31. The Bertz CT molecular complexity index is 889. The Kier molecular flexibility index (Phi) is 4.50. The molecule has 0 radical (unpaired) electrons. The first kappa shape index (κ1) is 18.0. The zero-order valence-electron chi connectivity index (χ0n) is 14.5. The predicted molar refractivity (Wildman–Crippen MR) is 92.7 cm³/mol. The van der Waals surface area contributed by atoms with Crippen LogP contribution in [0.3, 0.4) is 0 Å². The van der Waals surface area contributed by atoms with Crippen LogP contribution in [-0.4, -0.2) is 29.9 Å². The zero-order chi connectivity index (χ0) is 19.1. The first-order valence-corrected chi connectivity index (χ1v) is 8.22. The molecule has 1 aliphatic heterocycles. The molecular weight excluding hydrogens is 360 g/mol. The van der Waals surface area contributed by atoms with Crippen molar-refractivity contribution in [2.45, 2.75) is 25.9 Å². The van der Waals surface area contributed by atoms with E-state index in [0.29, 0.717) is 22.1 Å². The van der Waals surface area contributed by atoms with Crippen LogP contribution in [0.1, 0.15) is 34.4 Å². The summed E-state index contributed by atoms with van der Waals surface area (Å²) in [5, 5.41) is 3.24. The molecular formula is C18H17ClN2O5. The van der Waals surface area contributed by atoms with Gasteiger partial charge in [0.25, 0.3) is 5.91 Å². The molecule has 1 unspecified atom stereocenters. The maximum Gasteiger partial charge on any atom is 0.341 e. The molecule has 2 aromatic rings. The van der Waals surface area contributed by atoms with E-state index in [-0.39, 0.29) is 12.1 Å². The molecule has 0 bridgehead atoms. The van der Waals surface area contributed by atoms with Crippen LogP contribution in [0.25, 0.3) is 0 Å². The molecule has 8 heteroatoms. The number of hydrogen-bond acceptors (Lipinski definition) is 5. The Morgan fingerprint density at radius 2 is 1.96 bits per heavy atom. The average molecular weight is 377 g/mol. The number of nitrogens with zero attached hydrogens (tertiary/aromatic N) is 1. The molecule has 3 amide bonds.